The lowest BCUT2D eigenvalue weighted by molar-refractivity contribution is 0.790. The lowest BCUT2D eigenvalue weighted by Gasteiger charge is -2.06. The second kappa shape index (κ2) is 4.92. The van der Waals surface area contributed by atoms with E-state index in [0.29, 0.717) is 6.54 Å². The van der Waals surface area contributed by atoms with Gasteiger partial charge in [0.15, 0.2) is 0 Å². The van der Waals surface area contributed by atoms with E-state index in [9.17, 15) is 0 Å². The van der Waals surface area contributed by atoms with E-state index < -0.39 is 0 Å². The number of aromatic nitrogens is 4. The number of hydrogen-bond donors (Lipinski definition) is 1. The van der Waals surface area contributed by atoms with E-state index in [0.717, 1.165) is 22.5 Å². The Balaban J connectivity index is 1.95. The van der Waals surface area contributed by atoms with E-state index in [-0.39, 0.29) is 0 Å². The normalized spacial score (nSPS) is 10.9. The minimum Gasteiger partial charge on any atom is -0.372 e. The van der Waals surface area contributed by atoms with E-state index in [1.807, 2.05) is 13.4 Å². The summed E-state index contributed by atoms with van der Waals surface area (Å²) < 4.78 is 2.10. The number of benzene rings is 1. The Morgan fingerprint density at radius 2 is 1.85 bits per heavy atom. The predicted molar refractivity (Wildman–Crippen MR) is 79.9 cm³/mol. The maximum atomic E-state index is 4.45. The highest BCUT2D eigenvalue weighted by atomic mass is 15.1. The van der Waals surface area contributed by atoms with Gasteiger partial charge in [0, 0.05) is 7.05 Å². The molecule has 5 heteroatoms. The maximum Gasteiger partial charge on any atom is 0.144 e. The third-order valence-corrected chi connectivity index (χ3v) is 3.53. The number of imidazole rings is 1. The van der Waals surface area contributed by atoms with Crippen LogP contribution in [0.3, 0.4) is 0 Å². The molecule has 102 valence electrons. The summed E-state index contributed by atoms with van der Waals surface area (Å²) in [4.78, 5) is 13.1. The monoisotopic (exact) mass is 267 g/mol. The average Bonchev–Trinajstić information content (AvgIpc) is 2.83. The fourth-order valence-corrected chi connectivity index (χ4v) is 2.18. The highest BCUT2D eigenvalue weighted by molar-refractivity contribution is 5.77. The first-order valence-electron chi connectivity index (χ1n) is 6.58. The van der Waals surface area contributed by atoms with Crippen LogP contribution in [0.5, 0.6) is 0 Å². The largest absolute Gasteiger partial charge is 0.372 e. The Kier molecular flexibility index (Phi) is 3.10. The molecule has 3 aromatic rings. The molecule has 0 amide bonds. The van der Waals surface area contributed by atoms with Crippen molar-refractivity contribution in [1.29, 1.82) is 0 Å². The van der Waals surface area contributed by atoms with Crippen LogP contribution in [-0.4, -0.2) is 26.6 Å². The molecule has 1 N–H and O–H groups in total. The topological polar surface area (TPSA) is 55.6 Å². The van der Waals surface area contributed by atoms with Crippen LogP contribution in [0, 0.1) is 13.8 Å². The van der Waals surface area contributed by atoms with Gasteiger partial charge in [0.25, 0.3) is 0 Å². The van der Waals surface area contributed by atoms with E-state index >= 15 is 0 Å². The van der Waals surface area contributed by atoms with Gasteiger partial charge >= 0.3 is 0 Å². The van der Waals surface area contributed by atoms with Crippen molar-refractivity contribution < 1.29 is 0 Å². The standard InChI is InChI=1S/C15H17N5/c1-10-4-13-14(5-11(10)2)20(9-19-13)8-12-6-18-15(16-3)7-17-12/h4-7,9H,8H2,1-3H3,(H,16,18). The van der Waals surface area contributed by atoms with Gasteiger partial charge in [-0.15, -0.1) is 0 Å². The summed E-state index contributed by atoms with van der Waals surface area (Å²) in [5, 5.41) is 2.96. The molecule has 3 rings (SSSR count). The van der Waals surface area contributed by atoms with Crippen LogP contribution in [0.4, 0.5) is 5.82 Å². The van der Waals surface area contributed by atoms with Gasteiger partial charge < -0.3 is 9.88 Å². The van der Waals surface area contributed by atoms with Gasteiger partial charge in [0.2, 0.25) is 0 Å². The molecule has 1 aromatic carbocycles. The zero-order chi connectivity index (χ0) is 14.1. The zero-order valence-electron chi connectivity index (χ0n) is 11.9. The number of rotatable bonds is 3. The number of nitrogens with one attached hydrogen (secondary N) is 1. The number of anilines is 1. The summed E-state index contributed by atoms with van der Waals surface area (Å²) in [6, 6.07) is 4.30. The Hall–Kier alpha value is -2.43. The van der Waals surface area contributed by atoms with Crippen molar-refractivity contribution in [3.05, 3.63) is 47.7 Å². The van der Waals surface area contributed by atoms with Crippen molar-refractivity contribution in [3.8, 4) is 0 Å². The summed E-state index contributed by atoms with van der Waals surface area (Å²) in [5.41, 5.74) is 5.61. The minimum atomic E-state index is 0.677. The molecule has 0 radical (unpaired) electrons. The van der Waals surface area contributed by atoms with E-state index in [1.54, 1.807) is 12.4 Å². The lowest BCUT2D eigenvalue weighted by atomic mass is 10.1. The predicted octanol–water partition coefficient (Wildman–Crippen LogP) is 2.53. The second-order valence-electron chi connectivity index (χ2n) is 4.94. The molecule has 0 saturated carbocycles. The maximum absolute atomic E-state index is 4.45. The molecule has 5 nitrogen and oxygen atoms in total. The molecule has 0 aliphatic heterocycles. The van der Waals surface area contributed by atoms with Gasteiger partial charge in [-0.1, -0.05) is 0 Å². The Bertz CT molecular complexity index is 743. The van der Waals surface area contributed by atoms with Gasteiger partial charge in [0.05, 0.1) is 42.0 Å². The van der Waals surface area contributed by atoms with Crippen molar-refractivity contribution in [2.24, 2.45) is 0 Å². The molecule has 0 fully saturated rings. The average molecular weight is 267 g/mol. The molecule has 0 aliphatic carbocycles. The highest BCUT2D eigenvalue weighted by Gasteiger charge is 2.06. The molecular formula is C15H17N5. The molecule has 0 aliphatic rings. The minimum absolute atomic E-state index is 0.677. The molecule has 2 heterocycles. The van der Waals surface area contributed by atoms with E-state index in [4.69, 9.17) is 0 Å². The number of nitrogens with zero attached hydrogens (tertiary/aromatic N) is 4. The van der Waals surface area contributed by atoms with Crippen LogP contribution < -0.4 is 5.32 Å². The smallest absolute Gasteiger partial charge is 0.144 e. The summed E-state index contributed by atoms with van der Waals surface area (Å²) in [6.07, 6.45) is 5.39. The van der Waals surface area contributed by atoms with Crippen LogP contribution >= 0.6 is 0 Å². The fourth-order valence-electron chi connectivity index (χ4n) is 2.18. The number of hydrogen-bond acceptors (Lipinski definition) is 4. The second-order valence-corrected chi connectivity index (χ2v) is 4.94. The van der Waals surface area contributed by atoms with Gasteiger partial charge in [-0.25, -0.2) is 9.97 Å². The summed E-state index contributed by atoms with van der Waals surface area (Å²) in [6.45, 7) is 4.90. The SMILES string of the molecule is CNc1cnc(Cn2cnc3cc(C)c(C)cc32)cn1. The molecule has 20 heavy (non-hydrogen) atoms. The molecule has 2 aromatic heterocycles. The molecule has 0 saturated heterocycles. The summed E-state index contributed by atoms with van der Waals surface area (Å²) >= 11 is 0. The third kappa shape index (κ3) is 2.22. The number of aryl methyl sites for hydroxylation is 2. The highest BCUT2D eigenvalue weighted by Crippen LogP contribution is 2.19. The van der Waals surface area contributed by atoms with Crippen LogP contribution in [0.15, 0.2) is 30.9 Å². The van der Waals surface area contributed by atoms with Gasteiger partial charge in [-0.2, -0.15) is 0 Å². The van der Waals surface area contributed by atoms with Crippen molar-refractivity contribution in [2.75, 3.05) is 12.4 Å². The molecule has 0 unspecified atom stereocenters. The number of fused-ring (bicyclic) bond motifs is 1. The zero-order valence-corrected chi connectivity index (χ0v) is 11.9. The fraction of sp³-hybridized carbons (Fsp3) is 0.267. The Morgan fingerprint density at radius 3 is 2.55 bits per heavy atom. The first-order chi connectivity index (χ1) is 9.67. The molecule has 0 atom stereocenters. The van der Waals surface area contributed by atoms with Crippen molar-refractivity contribution in [3.63, 3.8) is 0 Å². The Morgan fingerprint density at radius 1 is 1.05 bits per heavy atom. The lowest BCUT2D eigenvalue weighted by Crippen LogP contribution is -2.02. The quantitative estimate of drug-likeness (QED) is 0.792. The van der Waals surface area contributed by atoms with Crippen molar-refractivity contribution in [2.45, 2.75) is 20.4 Å². The summed E-state index contributed by atoms with van der Waals surface area (Å²) in [7, 11) is 1.83. The summed E-state index contributed by atoms with van der Waals surface area (Å²) in [5.74, 6) is 0.774. The van der Waals surface area contributed by atoms with E-state index in [2.05, 4.69) is 50.8 Å². The molecular weight excluding hydrogens is 250 g/mol. The van der Waals surface area contributed by atoms with Crippen LogP contribution in [0.25, 0.3) is 11.0 Å². The van der Waals surface area contributed by atoms with Crippen molar-refractivity contribution in [1.82, 2.24) is 19.5 Å². The van der Waals surface area contributed by atoms with Gasteiger partial charge in [-0.05, 0) is 37.1 Å². The first-order valence-corrected chi connectivity index (χ1v) is 6.58. The third-order valence-electron chi connectivity index (χ3n) is 3.53. The van der Waals surface area contributed by atoms with Gasteiger partial charge in [-0.3, -0.25) is 4.98 Å². The molecule has 0 spiro atoms. The van der Waals surface area contributed by atoms with Crippen molar-refractivity contribution >= 4 is 16.9 Å². The van der Waals surface area contributed by atoms with E-state index in [1.165, 1.54) is 11.1 Å². The van der Waals surface area contributed by atoms with Crippen LogP contribution in [0.2, 0.25) is 0 Å². The first kappa shape index (κ1) is 12.6. The molecule has 0 bridgehead atoms. The van der Waals surface area contributed by atoms with Crippen LogP contribution in [-0.2, 0) is 6.54 Å². The Labute approximate surface area is 117 Å². The van der Waals surface area contributed by atoms with Gasteiger partial charge in [0.1, 0.15) is 5.82 Å². The van der Waals surface area contributed by atoms with Crippen LogP contribution in [0.1, 0.15) is 16.8 Å².